The van der Waals surface area contributed by atoms with Crippen molar-refractivity contribution >= 4 is 11.6 Å². The summed E-state index contributed by atoms with van der Waals surface area (Å²) in [5.41, 5.74) is 1.72. The zero-order chi connectivity index (χ0) is 13.8. The lowest BCUT2D eigenvalue weighted by molar-refractivity contribution is 1.08. The first-order valence-corrected chi connectivity index (χ1v) is 6.38. The van der Waals surface area contributed by atoms with E-state index in [0.29, 0.717) is 0 Å². The molecular formula is C16H14N4. The van der Waals surface area contributed by atoms with Gasteiger partial charge in [-0.15, -0.1) is 0 Å². The molecule has 20 heavy (non-hydrogen) atoms. The molecule has 0 aliphatic heterocycles. The average Bonchev–Trinajstić information content (AvgIpc) is 2.56. The van der Waals surface area contributed by atoms with Crippen LogP contribution in [-0.2, 0) is 0 Å². The summed E-state index contributed by atoms with van der Waals surface area (Å²) in [5.74, 6) is 1.70. The van der Waals surface area contributed by atoms with E-state index >= 15 is 0 Å². The minimum atomic E-state index is 0.840. The first-order valence-electron chi connectivity index (χ1n) is 6.38. The molecule has 3 aromatic rings. The Hall–Kier alpha value is -2.75. The Bertz CT molecular complexity index is 683. The maximum Gasteiger partial charge on any atom is 0.134 e. The average molecular weight is 262 g/mol. The van der Waals surface area contributed by atoms with Gasteiger partial charge in [-0.2, -0.15) is 0 Å². The fourth-order valence-corrected chi connectivity index (χ4v) is 1.94. The number of hydrogen-bond donors (Lipinski definition) is 0. The van der Waals surface area contributed by atoms with Crippen molar-refractivity contribution in [2.24, 2.45) is 0 Å². The van der Waals surface area contributed by atoms with Crippen molar-refractivity contribution in [3.8, 4) is 11.4 Å². The molecule has 0 atom stereocenters. The fraction of sp³-hybridized carbons (Fsp3) is 0.0625. The highest BCUT2D eigenvalue weighted by molar-refractivity contribution is 5.61. The van der Waals surface area contributed by atoms with Crippen LogP contribution in [0.1, 0.15) is 0 Å². The van der Waals surface area contributed by atoms with Crippen molar-refractivity contribution in [1.29, 1.82) is 0 Å². The minimum absolute atomic E-state index is 0.840. The molecule has 0 aliphatic carbocycles. The third-order valence-electron chi connectivity index (χ3n) is 3.00. The Morgan fingerprint density at radius 3 is 2.10 bits per heavy atom. The lowest BCUT2D eigenvalue weighted by atomic mass is 10.2. The predicted molar refractivity (Wildman–Crippen MR) is 79.8 cm³/mol. The predicted octanol–water partition coefficient (Wildman–Crippen LogP) is 3.31. The lowest BCUT2D eigenvalue weighted by Gasteiger charge is -2.17. The summed E-state index contributed by atoms with van der Waals surface area (Å²) in [6, 6.07) is 17.5. The normalized spacial score (nSPS) is 10.2. The minimum Gasteiger partial charge on any atom is -0.314 e. The maximum absolute atomic E-state index is 4.64. The largest absolute Gasteiger partial charge is 0.314 e. The standard InChI is InChI=1S/C16H14N4/c1-20(15-9-3-5-12-18-15)16-10-6-8-14(19-16)13-7-2-4-11-17-13/h2-12H,1H3. The van der Waals surface area contributed by atoms with Crippen LogP contribution in [0.3, 0.4) is 0 Å². The Morgan fingerprint density at radius 1 is 0.700 bits per heavy atom. The smallest absolute Gasteiger partial charge is 0.134 e. The van der Waals surface area contributed by atoms with Gasteiger partial charge in [-0.25, -0.2) is 9.97 Å². The van der Waals surface area contributed by atoms with Crippen molar-refractivity contribution in [3.05, 3.63) is 67.0 Å². The molecule has 0 aromatic carbocycles. The zero-order valence-electron chi connectivity index (χ0n) is 11.1. The summed E-state index contributed by atoms with van der Waals surface area (Å²) in [5, 5.41) is 0. The number of anilines is 2. The van der Waals surface area contributed by atoms with Crippen molar-refractivity contribution in [1.82, 2.24) is 15.0 Å². The van der Waals surface area contributed by atoms with Crippen LogP contribution in [0, 0.1) is 0 Å². The van der Waals surface area contributed by atoms with Gasteiger partial charge >= 0.3 is 0 Å². The fourth-order valence-electron chi connectivity index (χ4n) is 1.94. The molecule has 3 rings (SSSR count). The molecule has 4 heteroatoms. The Balaban J connectivity index is 1.96. The molecular weight excluding hydrogens is 248 g/mol. The summed E-state index contributed by atoms with van der Waals surface area (Å²) < 4.78 is 0. The molecule has 3 aromatic heterocycles. The Kier molecular flexibility index (Phi) is 3.37. The second-order valence-corrected chi connectivity index (χ2v) is 4.34. The first-order chi connectivity index (χ1) is 9.84. The van der Waals surface area contributed by atoms with Crippen molar-refractivity contribution in [2.75, 3.05) is 11.9 Å². The summed E-state index contributed by atoms with van der Waals surface area (Å²) in [6.07, 6.45) is 3.54. The van der Waals surface area contributed by atoms with Gasteiger partial charge in [0.1, 0.15) is 11.6 Å². The second-order valence-electron chi connectivity index (χ2n) is 4.34. The van der Waals surface area contributed by atoms with Gasteiger partial charge in [0.2, 0.25) is 0 Å². The van der Waals surface area contributed by atoms with Crippen LogP contribution in [0.4, 0.5) is 11.6 Å². The van der Waals surface area contributed by atoms with E-state index in [4.69, 9.17) is 0 Å². The van der Waals surface area contributed by atoms with E-state index in [1.54, 1.807) is 12.4 Å². The molecule has 0 spiro atoms. The van der Waals surface area contributed by atoms with Gasteiger partial charge in [-0.3, -0.25) is 4.98 Å². The van der Waals surface area contributed by atoms with E-state index in [-0.39, 0.29) is 0 Å². The number of hydrogen-bond acceptors (Lipinski definition) is 4. The molecule has 0 saturated heterocycles. The molecule has 0 bridgehead atoms. The van der Waals surface area contributed by atoms with E-state index in [0.717, 1.165) is 23.0 Å². The third kappa shape index (κ3) is 2.49. The Labute approximate surface area is 117 Å². The van der Waals surface area contributed by atoms with Crippen LogP contribution in [0.2, 0.25) is 0 Å². The molecule has 0 radical (unpaired) electrons. The monoisotopic (exact) mass is 262 g/mol. The number of pyridine rings is 3. The molecule has 0 unspecified atom stereocenters. The van der Waals surface area contributed by atoms with Crippen molar-refractivity contribution < 1.29 is 0 Å². The summed E-state index contributed by atoms with van der Waals surface area (Å²) in [6.45, 7) is 0. The van der Waals surface area contributed by atoms with Crippen LogP contribution in [0.5, 0.6) is 0 Å². The van der Waals surface area contributed by atoms with Gasteiger partial charge < -0.3 is 4.90 Å². The number of nitrogens with zero attached hydrogens (tertiary/aromatic N) is 4. The highest BCUT2D eigenvalue weighted by atomic mass is 15.2. The molecule has 0 N–H and O–H groups in total. The molecule has 4 nitrogen and oxygen atoms in total. The zero-order valence-corrected chi connectivity index (χ0v) is 11.1. The van der Waals surface area contributed by atoms with E-state index in [9.17, 15) is 0 Å². The molecule has 0 aliphatic rings. The van der Waals surface area contributed by atoms with E-state index in [1.165, 1.54) is 0 Å². The number of aromatic nitrogens is 3. The summed E-state index contributed by atoms with van der Waals surface area (Å²) in [4.78, 5) is 15.2. The van der Waals surface area contributed by atoms with E-state index < -0.39 is 0 Å². The van der Waals surface area contributed by atoms with E-state index in [2.05, 4.69) is 15.0 Å². The highest BCUT2D eigenvalue weighted by Crippen LogP contribution is 2.22. The van der Waals surface area contributed by atoms with Crippen molar-refractivity contribution in [2.45, 2.75) is 0 Å². The lowest BCUT2D eigenvalue weighted by Crippen LogP contribution is -2.12. The molecule has 3 heterocycles. The maximum atomic E-state index is 4.64. The molecule has 0 amide bonds. The SMILES string of the molecule is CN(c1ccccn1)c1cccc(-c2ccccn2)n1. The van der Waals surface area contributed by atoms with Crippen molar-refractivity contribution in [3.63, 3.8) is 0 Å². The summed E-state index contributed by atoms with van der Waals surface area (Å²) >= 11 is 0. The molecule has 0 fully saturated rings. The first kappa shape index (κ1) is 12.3. The second kappa shape index (κ2) is 5.48. The van der Waals surface area contributed by atoms with Gasteiger partial charge in [0.15, 0.2) is 0 Å². The van der Waals surface area contributed by atoms with Gasteiger partial charge in [-0.05, 0) is 36.4 Å². The Morgan fingerprint density at radius 2 is 1.40 bits per heavy atom. The molecule has 98 valence electrons. The van der Waals surface area contributed by atoms with Crippen LogP contribution in [-0.4, -0.2) is 22.0 Å². The van der Waals surface area contributed by atoms with Gasteiger partial charge in [-0.1, -0.05) is 18.2 Å². The van der Waals surface area contributed by atoms with Gasteiger partial charge in [0.25, 0.3) is 0 Å². The quantitative estimate of drug-likeness (QED) is 0.726. The van der Waals surface area contributed by atoms with Crippen LogP contribution in [0.15, 0.2) is 67.0 Å². The third-order valence-corrected chi connectivity index (χ3v) is 3.00. The highest BCUT2D eigenvalue weighted by Gasteiger charge is 2.08. The van der Waals surface area contributed by atoms with E-state index in [1.807, 2.05) is 66.5 Å². The van der Waals surface area contributed by atoms with Gasteiger partial charge in [0, 0.05) is 19.4 Å². The summed E-state index contributed by atoms with van der Waals surface area (Å²) in [7, 11) is 1.95. The topological polar surface area (TPSA) is 41.9 Å². The number of rotatable bonds is 3. The van der Waals surface area contributed by atoms with Crippen LogP contribution in [0.25, 0.3) is 11.4 Å². The van der Waals surface area contributed by atoms with Crippen LogP contribution < -0.4 is 4.90 Å². The van der Waals surface area contributed by atoms with Crippen LogP contribution >= 0.6 is 0 Å². The molecule has 0 saturated carbocycles. The van der Waals surface area contributed by atoms with Gasteiger partial charge in [0.05, 0.1) is 11.4 Å².